The zero-order chi connectivity index (χ0) is 29.3. The van der Waals surface area contributed by atoms with E-state index in [0.29, 0.717) is 62.9 Å². The fraction of sp³-hybridized carbons (Fsp3) is 0.393. The van der Waals surface area contributed by atoms with Gasteiger partial charge in [-0.3, -0.25) is 0 Å². The second kappa shape index (κ2) is 12.3. The molecule has 10 nitrogen and oxygen atoms in total. The van der Waals surface area contributed by atoms with E-state index in [1.165, 1.54) is 14.2 Å². The lowest BCUT2D eigenvalue weighted by atomic mass is 10.1. The number of halogens is 2. The summed E-state index contributed by atoms with van der Waals surface area (Å²) in [7, 11) is 3.08. The number of anilines is 6. The Morgan fingerprint density at radius 1 is 1.00 bits per heavy atom. The van der Waals surface area contributed by atoms with Gasteiger partial charge in [-0.15, -0.1) is 0 Å². The van der Waals surface area contributed by atoms with Crippen molar-refractivity contribution in [1.82, 2.24) is 14.9 Å². The van der Waals surface area contributed by atoms with E-state index in [1.54, 1.807) is 12.3 Å². The van der Waals surface area contributed by atoms with Gasteiger partial charge in [-0.05, 0) is 43.9 Å². The molecule has 13 heteroatoms. The van der Waals surface area contributed by atoms with Gasteiger partial charge in [0.2, 0.25) is 5.95 Å². The summed E-state index contributed by atoms with van der Waals surface area (Å²) in [4.78, 5) is 18.0. The van der Waals surface area contributed by atoms with E-state index in [2.05, 4.69) is 33.1 Å². The van der Waals surface area contributed by atoms with Crippen LogP contribution in [0.4, 0.5) is 34.5 Å². The van der Waals surface area contributed by atoms with Crippen LogP contribution in [0.2, 0.25) is 10.0 Å². The predicted octanol–water partition coefficient (Wildman–Crippen LogP) is 5.40. The van der Waals surface area contributed by atoms with E-state index < -0.39 is 0 Å². The summed E-state index contributed by atoms with van der Waals surface area (Å²) in [5.74, 6) is 2.00. The number of ether oxygens (including phenoxy) is 2. The number of likely N-dealkylation sites (N-methyl/N-ethyl adjacent to an activating group) is 1. The van der Waals surface area contributed by atoms with Crippen molar-refractivity contribution in [3.63, 3.8) is 0 Å². The van der Waals surface area contributed by atoms with Gasteiger partial charge in [0.15, 0.2) is 5.11 Å². The topological polar surface area (TPSA) is 95.2 Å². The largest absolute Gasteiger partial charge is 0.495 e. The third-order valence-corrected chi connectivity index (χ3v) is 8.66. The first-order valence-corrected chi connectivity index (χ1v) is 14.6. The minimum atomic E-state index is 0.338. The van der Waals surface area contributed by atoms with Crippen molar-refractivity contribution in [3.05, 3.63) is 46.1 Å². The normalized spacial score (nSPS) is 15.7. The van der Waals surface area contributed by atoms with Gasteiger partial charge in [-0.25, -0.2) is 4.98 Å². The number of nitrogens with one attached hydrogen (secondary N) is 1. The summed E-state index contributed by atoms with van der Waals surface area (Å²) in [6.07, 6.45) is 1.78. The Hall–Kier alpha value is -3.25. The Morgan fingerprint density at radius 2 is 1.68 bits per heavy atom. The molecule has 1 saturated heterocycles. The smallest absolute Gasteiger partial charge is 0.229 e. The number of aromatic nitrogens is 2. The van der Waals surface area contributed by atoms with Crippen molar-refractivity contribution in [1.29, 1.82) is 0 Å². The fourth-order valence-corrected chi connectivity index (χ4v) is 6.23. The van der Waals surface area contributed by atoms with Gasteiger partial charge < -0.3 is 40.1 Å². The molecule has 0 unspecified atom stereocenters. The van der Waals surface area contributed by atoms with Gasteiger partial charge in [0, 0.05) is 56.2 Å². The molecule has 3 aromatic rings. The number of methoxy groups -OCH3 is 2. The highest BCUT2D eigenvalue weighted by Gasteiger charge is 2.33. The molecular weight excluding hydrogens is 583 g/mol. The molecule has 0 amide bonds. The number of nitrogen functional groups attached to an aromatic ring is 1. The van der Waals surface area contributed by atoms with Gasteiger partial charge >= 0.3 is 0 Å². The Kier molecular flexibility index (Phi) is 8.79. The summed E-state index contributed by atoms with van der Waals surface area (Å²) in [5.41, 5.74) is 10.3. The summed E-state index contributed by atoms with van der Waals surface area (Å²) in [5, 5.41) is 4.46. The third-order valence-electron chi connectivity index (χ3n) is 7.49. The van der Waals surface area contributed by atoms with Gasteiger partial charge in [-0.2, -0.15) is 4.98 Å². The minimum Gasteiger partial charge on any atom is -0.495 e. The molecule has 0 atom stereocenters. The Labute approximate surface area is 255 Å². The number of piperazine rings is 1. The Bertz CT molecular complexity index is 1420. The maximum Gasteiger partial charge on any atom is 0.229 e. The number of nitrogens with zero attached hydrogens (tertiary/aromatic N) is 6. The molecule has 2 aliphatic rings. The molecule has 41 heavy (non-hydrogen) atoms. The van der Waals surface area contributed by atoms with Gasteiger partial charge in [0.05, 0.1) is 37.8 Å². The quantitative estimate of drug-likeness (QED) is 0.251. The monoisotopic (exact) mass is 616 g/mol. The van der Waals surface area contributed by atoms with Crippen molar-refractivity contribution < 1.29 is 9.47 Å². The lowest BCUT2D eigenvalue weighted by Gasteiger charge is -2.39. The Balaban J connectivity index is 1.40. The molecule has 3 N–H and O–H groups in total. The average Bonchev–Trinajstić information content (AvgIpc) is 2.99. The summed E-state index contributed by atoms with van der Waals surface area (Å²) < 4.78 is 10.9. The van der Waals surface area contributed by atoms with Crippen LogP contribution in [0, 0.1) is 0 Å². The summed E-state index contributed by atoms with van der Waals surface area (Å²) >= 11 is 19.4. The third kappa shape index (κ3) is 5.63. The molecular formula is C28H34Cl2N8O2S. The summed E-state index contributed by atoms with van der Waals surface area (Å²) in [6, 6.07) is 7.71. The van der Waals surface area contributed by atoms with E-state index in [0.717, 1.165) is 49.7 Å². The molecule has 218 valence electrons. The molecule has 5 rings (SSSR count). The zero-order valence-corrected chi connectivity index (χ0v) is 25.9. The zero-order valence-electron chi connectivity index (χ0n) is 23.6. The van der Waals surface area contributed by atoms with Crippen LogP contribution < -0.4 is 35.2 Å². The lowest BCUT2D eigenvalue weighted by molar-refractivity contribution is 0.271. The van der Waals surface area contributed by atoms with Crippen LogP contribution in [0.15, 0.2) is 30.5 Å². The summed E-state index contributed by atoms with van der Waals surface area (Å²) in [6.45, 7) is 10.3. The standard InChI is InChI=1S/C28H34Cl2N8O2S/c1-5-35-9-11-36(12-10-35)18-7-8-20(19(31)13-18)33-27-32-15-17-16-38(28(41)37(6-2)26(17)34-27)25-23(29)21(39-3)14-22(40-4)24(25)30/h7-8,13-15H,5-6,9-12,16,31H2,1-4H3,(H,32,33,34). The molecule has 2 aliphatic heterocycles. The first-order valence-electron chi connectivity index (χ1n) is 13.5. The van der Waals surface area contributed by atoms with Crippen LogP contribution in [0.5, 0.6) is 11.5 Å². The number of fused-ring (bicyclic) bond motifs is 1. The van der Waals surface area contributed by atoms with Crippen LogP contribution in [0.3, 0.4) is 0 Å². The van der Waals surface area contributed by atoms with Crippen molar-refractivity contribution in [2.24, 2.45) is 0 Å². The van der Waals surface area contributed by atoms with E-state index >= 15 is 0 Å². The number of hydrogen-bond donors (Lipinski definition) is 2. The SMILES string of the molecule is CCN1CCN(c2ccc(Nc3ncc4c(n3)N(CC)C(=S)N(c3c(Cl)c(OC)cc(OC)c3Cl)C4)c(N)c2)CC1. The first-order chi connectivity index (χ1) is 19.8. The molecule has 0 saturated carbocycles. The van der Waals surface area contributed by atoms with E-state index in [9.17, 15) is 0 Å². The van der Waals surface area contributed by atoms with Crippen LogP contribution in [-0.2, 0) is 6.54 Å². The first kappa shape index (κ1) is 29.2. The molecule has 0 radical (unpaired) electrons. The van der Waals surface area contributed by atoms with Crippen LogP contribution >= 0.6 is 35.4 Å². The molecule has 1 fully saturated rings. The van der Waals surface area contributed by atoms with Gasteiger partial charge in [0.1, 0.15) is 27.4 Å². The number of thiocarbonyl (C=S) groups is 1. The molecule has 2 aromatic carbocycles. The Morgan fingerprint density at radius 3 is 2.27 bits per heavy atom. The van der Waals surface area contributed by atoms with Crippen molar-refractivity contribution in [2.45, 2.75) is 20.4 Å². The molecule has 0 aliphatic carbocycles. The van der Waals surface area contributed by atoms with E-state index in [1.807, 2.05) is 28.9 Å². The highest BCUT2D eigenvalue weighted by molar-refractivity contribution is 7.80. The predicted molar refractivity (Wildman–Crippen MR) is 172 cm³/mol. The highest BCUT2D eigenvalue weighted by Crippen LogP contribution is 2.48. The van der Waals surface area contributed by atoms with Crippen LogP contribution in [0.25, 0.3) is 0 Å². The van der Waals surface area contributed by atoms with Gasteiger partial charge in [-0.1, -0.05) is 30.1 Å². The maximum atomic E-state index is 6.72. The number of hydrogen-bond acceptors (Lipinski definition) is 9. The van der Waals surface area contributed by atoms with E-state index in [4.69, 9.17) is 55.6 Å². The van der Waals surface area contributed by atoms with Crippen molar-refractivity contribution in [2.75, 3.05) is 79.2 Å². The van der Waals surface area contributed by atoms with Crippen molar-refractivity contribution in [3.8, 4) is 11.5 Å². The molecule has 0 spiro atoms. The second-order valence-electron chi connectivity index (χ2n) is 9.73. The molecule has 1 aromatic heterocycles. The highest BCUT2D eigenvalue weighted by atomic mass is 35.5. The number of rotatable bonds is 8. The van der Waals surface area contributed by atoms with Crippen LogP contribution in [0.1, 0.15) is 19.4 Å². The lowest BCUT2D eigenvalue weighted by Crippen LogP contribution is -2.48. The van der Waals surface area contributed by atoms with Gasteiger partial charge in [0.25, 0.3) is 0 Å². The van der Waals surface area contributed by atoms with Crippen molar-refractivity contribution >= 4 is 75.0 Å². The molecule has 0 bridgehead atoms. The molecule has 3 heterocycles. The minimum absolute atomic E-state index is 0.338. The van der Waals surface area contributed by atoms with Crippen LogP contribution in [-0.4, -0.2) is 73.5 Å². The second-order valence-corrected chi connectivity index (χ2v) is 10.9. The number of nitrogens with two attached hydrogens (primary N) is 1. The van der Waals surface area contributed by atoms with E-state index in [-0.39, 0.29) is 0 Å². The maximum absolute atomic E-state index is 6.72. The fourth-order valence-electron chi connectivity index (χ4n) is 5.15. The number of benzene rings is 2. The average molecular weight is 618 g/mol.